The van der Waals surface area contributed by atoms with Gasteiger partial charge in [-0.2, -0.15) is 0 Å². The molecule has 0 saturated heterocycles. The molecule has 1 aromatic rings. The number of benzene rings is 1. The predicted molar refractivity (Wildman–Crippen MR) is 61.9 cm³/mol. The van der Waals surface area contributed by atoms with Crippen LogP contribution >= 0.6 is 11.6 Å². The van der Waals surface area contributed by atoms with E-state index in [9.17, 15) is 4.79 Å². The molecule has 3 nitrogen and oxygen atoms in total. The van der Waals surface area contributed by atoms with Crippen LogP contribution in [0.3, 0.4) is 0 Å². The van der Waals surface area contributed by atoms with Crippen LogP contribution < -0.4 is 5.32 Å². The first-order valence-corrected chi connectivity index (χ1v) is 5.03. The fourth-order valence-corrected chi connectivity index (χ4v) is 1.13. The molecule has 0 unspecified atom stereocenters. The molecular formula is C11H12ClNO2. The minimum Gasteiger partial charge on any atom is -0.392 e. The van der Waals surface area contributed by atoms with Crippen LogP contribution in [0.1, 0.15) is 5.56 Å². The van der Waals surface area contributed by atoms with E-state index in [1.54, 1.807) is 24.3 Å². The van der Waals surface area contributed by atoms with Gasteiger partial charge in [-0.15, -0.1) is 11.6 Å². The SMILES string of the molecule is O=C(CCl)Nc1ccc(C=CCO)cc1. The zero-order valence-corrected chi connectivity index (χ0v) is 8.87. The number of aliphatic hydroxyl groups excluding tert-OH is 1. The third kappa shape index (κ3) is 4.14. The molecule has 1 rings (SSSR count). The van der Waals surface area contributed by atoms with Crippen molar-refractivity contribution in [2.75, 3.05) is 17.8 Å². The van der Waals surface area contributed by atoms with Crippen LogP contribution in [0.2, 0.25) is 0 Å². The lowest BCUT2D eigenvalue weighted by molar-refractivity contribution is -0.113. The average Bonchev–Trinajstić information content (AvgIpc) is 2.28. The van der Waals surface area contributed by atoms with Crippen LogP contribution in [-0.4, -0.2) is 23.5 Å². The number of anilines is 1. The summed E-state index contributed by atoms with van der Waals surface area (Å²) in [4.78, 5) is 10.9. The molecule has 15 heavy (non-hydrogen) atoms. The second-order valence-electron chi connectivity index (χ2n) is 2.89. The van der Waals surface area contributed by atoms with E-state index in [1.165, 1.54) is 0 Å². The topological polar surface area (TPSA) is 49.3 Å². The van der Waals surface area contributed by atoms with Gasteiger partial charge < -0.3 is 10.4 Å². The molecule has 0 saturated carbocycles. The number of hydrogen-bond acceptors (Lipinski definition) is 2. The summed E-state index contributed by atoms with van der Waals surface area (Å²) >= 11 is 5.35. The van der Waals surface area contributed by atoms with Crippen LogP contribution in [-0.2, 0) is 4.79 Å². The fourth-order valence-electron chi connectivity index (χ4n) is 1.06. The zero-order chi connectivity index (χ0) is 11.1. The van der Waals surface area contributed by atoms with Crippen LogP contribution in [0.4, 0.5) is 5.69 Å². The van der Waals surface area contributed by atoms with Crippen LogP contribution in [0.15, 0.2) is 30.3 Å². The molecule has 80 valence electrons. The highest BCUT2D eigenvalue weighted by Crippen LogP contribution is 2.10. The van der Waals surface area contributed by atoms with Gasteiger partial charge in [0.2, 0.25) is 5.91 Å². The Labute approximate surface area is 93.4 Å². The Bertz CT molecular complexity index is 346. The molecule has 0 radical (unpaired) electrons. The molecule has 2 N–H and O–H groups in total. The summed E-state index contributed by atoms with van der Waals surface area (Å²) in [5, 5.41) is 11.2. The van der Waals surface area contributed by atoms with Gasteiger partial charge >= 0.3 is 0 Å². The fraction of sp³-hybridized carbons (Fsp3) is 0.182. The highest BCUT2D eigenvalue weighted by atomic mass is 35.5. The molecule has 0 aliphatic rings. The largest absolute Gasteiger partial charge is 0.392 e. The van der Waals surface area contributed by atoms with Crippen molar-refractivity contribution in [3.63, 3.8) is 0 Å². The Balaban J connectivity index is 2.64. The van der Waals surface area contributed by atoms with E-state index in [1.807, 2.05) is 12.1 Å². The van der Waals surface area contributed by atoms with Crippen molar-refractivity contribution in [1.29, 1.82) is 0 Å². The predicted octanol–water partition coefficient (Wildman–Crippen LogP) is 1.87. The van der Waals surface area contributed by atoms with Gasteiger partial charge in [0.15, 0.2) is 0 Å². The minimum absolute atomic E-state index is 0.0186. The Morgan fingerprint density at radius 3 is 2.60 bits per heavy atom. The number of rotatable bonds is 4. The summed E-state index contributed by atoms with van der Waals surface area (Å²) in [5.41, 5.74) is 1.68. The number of halogens is 1. The summed E-state index contributed by atoms with van der Waals surface area (Å²) in [6, 6.07) is 7.25. The number of nitrogens with one attached hydrogen (secondary N) is 1. The minimum atomic E-state index is -0.227. The van der Waals surface area contributed by atoms with E-state index in [2.05, 4.69) is 5.32 Å². The second kappa shape index (κ2) is 6.22. The molecule has 0 spiro atoms. The van der Waals surface area contributed by atoms with E-state index in [0.29, 0.717) is 5.69 Å². The van der Waals surface area contributed by atoms with Gasteiger partial charge in [0, 0.05) is 5.69 Å². The first-order valence-electron chi connectivity index (χ1n) is 4.49. The van der Waals surface area contributed by atoms with Crippen LogP contribution in [0.25, 0.3) is 6.08 Å². The number of carbonyl (C=O) groups is 1. The molecule has 4 heteroatoms. The van der Waals surface area contributed by atoms with E-state index in [4.69, 9.17) is 16.7 Å². The van der Waals surface area contributed by atoms with Crippen molar-refractivity contribution < 1.29 is 9.90 Å². The molecule has 0 atom stereocenters. The Kier molecular flexibility index (Phi) is 4.87. The third-order valence-corrected chi connectivity index (χ3v) is 1.97. The van der Waals surface area contributed by atoms with Gasteiger partial charge in [-0.1, -0.05) is 24.3 Å². The van der Waals surface area contributed by atoms with Crippen molar-refractivity contribution in [3.8, 4) is 0 Å². The summed E-state index contributed by atoms with van der Waals surface area (Å²) in [5.74, 6) is -0.276. The molecule has 0 aromatic heterocycles. The average molecular weight is 226 g/mol. The van der Waals surface area contributed by atoms with E-state index >= 15 is 0 Å². The number of carbonyl (C=O) groups excluding carboxylic acids is 1. The quantitative estimate of drug-likeness (QED) is 0.769. The Morgan fingerprint density at radius 2 is 2.07 bits per heavy atom. The Hall–Kier alpha value is -1.32. The summed E-state index contributed by atoms with van der Waals surface area (Å²) in [6.45, 7) is 0.0186. The summed E-state index contributed by atoms with van der Waals surface area (Å²) in [6.07, 6.45) is 3.44. The van der Waals surface area contributed by atoms with Gasteiger partial charge in [-0.3, -0.25) is 4.79 Å². The first-order chi connectivity index (χ1) is 7.26. The van der Waals surface area contributed by atoms with E-state index in [0.717, 1.165) is 5.56 Å². The third-order valence-electron chi connectivity index (χ3n) is 1.73. The molecule has 0 aliphatic carbocycles. The van der Waals surface area contributed by atoms with Crippen molar-refractivity contribution in [2.24, 2.45) is 0 Å². The monoisotopic (exact) mass is 225 g/mol. The van der Waals surface area contributed by atoms with Gasteiger partial charge in [0.05, 0.1) is 6.61 Å². The van der Waals surface area contributed by atoms with E-state index < -0.39 is 0 Å². The molecule has 0 aliphatic heterocycles. The first kappa shape index (κ1) is 11.8. The van der Waals surface area contributed by atoms with E-state index in [-0.39, 0.29) is 18.4 Å². The van der Waals surface area contributed by atoms with Gasteiger partial charge in [0.1, 0.15) is 5.88 Å². The van der Waals surface area contributed by atoms with Crippen LogP contribution in [0.5, 0.6) is 0 Å². The van der Waals surface area contributed by atoms with Crippen molar-refractivity contribution in [3.05, 3.63) is 35.9 Å². The van der Waals surface area contributed by atoms with Crippen LogP contribution in [0, 0.1) is 0 Å². The number of hydrogen-bond donors (Lipinski definition) is 2. The molecule has 0 heterocycles. The lowest BCUT2D eigenvalue weighted by atomic mass is 10.2. The zero-order valence-electron chi connectivity index (χ0n) is 8.11. The van der Waals surface area contributed by atoms with Gasteiger partial charge in [-0.25, -0.2) is 0 Å². The lowest BCUT2D eigenvalue weighted by Gasteiger charge is -2.02. The Morgan fingerprint density at radius 1 is 1.40 bits per heavy atom. The molecule has 1 aromatic carbocycles. The second-order valence-corrected chi connectivity index (χ2v) is 3.16. The summed E-state index contributed by atoms with van der Waals surface area (Å²) in [7, 11) is 0. The highest BCUT2D eigenvalue weighted by molar-refractivity contribution is 6.29. The van der Waals surface area contributed by atoms with Crippen molar-refractivity contribution in [2.45, 2.75) is 0 Å². The number of amides is 1. The summed E-state index contributed by atoms with van der Waals surface area (Å²) < 4.78 is 0. The molecule has 1 amide bonds. The molecule has 0 bridgehead atoms. The highest BCUT2D eigenvalue weighted by Gasteiger charge is 1.98. The number of aliphatic hydroxyl groups is 1. The van der Waals surface area contributed by atoms with Gasteiger partial charge in [-0.05, 0) is 17.7 Å². The normalized spacial score (nSPS) is 10.5. The number of alkyl halides is 1. The van der Waals surface area contributed by atoms with Crippen molar-refractivity contribution in [1.82, 2.24) is 0 Å². The van der Waals surface area contributed by atoms with Gasteiger partial charge in [0.25, 0.3) is 0 Å². The maximum absolute atomic E-state index is 10.9. The maximum Gasteiger partial charge on any atom is 0.239 e. The standard InChI is InChI=1S/C11H12ClNO2/c12-8-11(15)13-10-5-3-9(4-6-10)2-1-7-14/h1-6,14H,7-8H2,(H,13,15). The lowest BCUT2D eigenvalue weighted by Crippen LogP contribution is -2.12. The molecular weight excluding hydrogens is 214 g/mol. The molecule has 0 fully saturated rings. The van der Waals surface area contributed by atoms with Crippen molar-refractivity contribution >= 4 is 29.3 Å². The maximum atomic E-state index is 10.9. The smallest absolute Gasteiger partial charge is 0.239 e.